The van der Waals surface area contributed by atoms with Gasteiger partial charge in [-0.2, -0.15) is 0 Å². The van der Waals surface area contributed by atoms with Crippen molar-refractivity contribution < 1.29 is 14.3 Å². The van der Waals surface area contributed by atoms with E-state index in [0.717, 1.165) is 16.4 Å². The summed E-state index contributed by atoms with van der Waals surface area (Å²) in [4.78, 5) is 25.4. The number of rotatable bonds is 6. The Kier molecular flexibility index (Phi) is 6.96. The fourth-order valence-corrected chi connectivity index (χ4v) is 4.46. The Balaban J connectivity index is 1.38. The third kappa shape index (κ3) is 5.30. The van der Waals surface area contributed by atoms with Gasteiger partial charge in [0.15, 0.2) is 5.13 Å². The van der Waals surface area contributed by atoms with Gasteiger partial charge in [-0.1, -0.05) is 17.7 Å². The molecule has 1 fully saturated rings. The third-order valence-electron chi connectivity index (χ3n) is 5.28. The predicted molar refractivity (Wildman–Crippen MR) is 119 cm³/mol. The van der Waals surface area contributed by atoms with E-state index in [1.54, 1.807) is 23.2 Å². The van der Waals surface area contributed by atoms with Crippen LogP contribution in [0.4, 0.5) is 15.3 Å². The van der Waals surface area contributed by atoms with Crippen LogP contribution in [0.25, 0.3) is 0 Å². The summed E-state index contributed by atoms with van der Waals surface area (Å²) in [5.74, 6) is -0.223. The van der Waals surface area contributed by atoms with Crippen LogP contribution in [0.5, 0.6) is 0 Å². The quantitative estimate of drug-likeness (QED) is 0.681. The predicted octanol–water partition coefficient (Wildman–Crippen LogP) is 3.56. The number of aromatic nitrogens is 2. The number of hydrogen-bond donors (Lipinski definition) is 2. The van der Waals surface area contributed by atoms with E-state index in [-0.39, 0.29) is 23.1 Å². The number of thiazole rings is 1. The number of aliphatic hydroxyl groups excluding tert-OH is 1. The molecule has 1 aliphatic heterocycles. The summed E-state index contributed by atoms with van der Waals surface area (Å²) >= 11 is 7.33. The van der Waals surface area contributed by atoms with Crippen LogP contribution in [0.1, 0.15) is 24.1 Å². The highest BCUT2D eigenvalue weighted by molar-refractivity contribution is 7.13. The minimum atomic E-state index is -0.592. The lowest BCUT2D eigenvalue weighted by molar-refractivity contribution is -0.129. The van der Waals surface area contributed by atoms with Crippen LogP contribution in [-0.4, -0.2) is 57.0 Å². The van der Waals surface area contributed by atoms with Crippen molar-refractivity contribution in [3.63, 3.8) is 0 Å². The topological polar surface area (TPSA) is 81.6 Å². The highest BCUT2D eigenvalue weighted by Crippen LogP contribution is 2.30. The van der Waals surface area contributed by atoms with Gasteiger partial charge in [0, 0.05) is 44.3 Å². The highest BCUT2D eigenvalue weighted by atomic mass is 35.5. The highest BCUT2D eigenvalue weighted by Gasteiger charge is 2.28. The Hall–Kier alpha value is -2.33. The van der Waals surface area contributed by atoms with Gasteiger partial charge >= 0.3 is 0 Å². The molecule has 1 saturated heterocycles. The Morgan fingerprint density at radius 1 is 1.29 bits per heavy atom. The van der Waals surface area contributed by atoms with Crippen LogP contribution in [-0.2, 0) is 17.9 Å². The second-order valence-corrected chi connectivity index (χ2v) is 8.73. The van der Waals surface area contributed by atoms with Gasteiger partial charge in [0.1, 0.15) is 11.6 Å². The molecule has 2 aromatic heterocycles. The van der Waals surface area contributed by atoms with Gasteiger partial charge in [0.2, 0.25) is 0 Å². The first-order valence-corrected chi connectivity index (χ1v) is 11.3. The first kappa shape index (κ1) is 21.9. The standard InChI is InChI=1S/C21H23ClFN5O2S/c22-17-3-1-2-16(19(17)23)20(30)28-7-5-27(6-8-28)12-15-10-14(13-29)11-18(25-15)26-21-24-4-9-31-21/h3-4,9-11,29H,1-2,5-8,12-13H2,(H,24,25,26). The molecular formula is C21H23ClFN5O2S. The van der Waals surface area contributed by atoms with E-state index >= 15 is 0 Å². The largest absolute Gasteiger partial charge is 0.392 e. The Bertz CT molecular complexity index is 1000. The van der Waals surface area contributed by atoms with Crippen LogP contribution in [0.3, 0.4) is 0 Å². The van der Waals surface area contributed by atoms with Crippen molar-refractivity contribution in [3.05, 3.63) is 57.5 Å². The lowest BCUT2D eigenvalue weighted by atomic mass is 10.0. The SMILES string of the molecule is O=C(C1=C(F)C(Cl)=CCC1)N1CCN(Cc2cc(CO)cc(Nc3nccs3)n2)CC1. The molecule has 0 radical (unpaired) electrons. The van der Waals surface area contributed by atoms with Gasteiger partial charge in [0.25, 0.3) is 5.91 Å². The molecular weight excluding hydrogens is 441 g/mol. The molecule has 1 aliphatic carbocycles. The summed E-state index contributed by atoms with van der Waals surface area (Å²) < 4.78 is 14.2. The van der Waals surface area contributed by atoms with Crippen LogP contribution in [0.15, 0.2) is 46.2 Å². The number of halogens is 2. The van der Waals surface area contributed by atoms with Crippen LogP contribution in [0, 0.1) is 0 Å². The number of nitrogens with one attached hydrogen (secondary N) is 1. The summed E-state index contributed by atoms with van der Waals surface area (Å²) in [6.45, 7) is 2.85. The number of piperazine rings is 1. The number of hydrogen-bond acceptors (Lipinski definition) is 7. The van der Waals surface area contributed by atoms with E-state index in [2.05, 4.69) is 20.2 Å². The molecule has 10 heteroatoms. The maximum atomic E-state index is 14.2. The number of aliphatic hydroxyl groups is 1. The molecule has 3 heterocycles. The monoisotopic (exact) mass is 463 g/mol. The molecule has 0 atom stereocenters. The van der Waals surface area contributed by atoms with Gasteiger partial charge < -0.3 is 15.3 Å². The average molecular weight is 464 g/mol. The molecule has 31 heavy (non-hydrogen) atoms. The molecule has 2 N–H and O–H groups in total. The van der Waals surface area contributed by atoms with Crippen LogP contribution >= 0.6 is 22.9 Å². The first-order valence-electron chi connectivity index (χ1n) is 10.1. The van der Waals surface area contributed by atoms with Crippen molar-refractivity contribution in [2.75, 3.05) is 31.5 Å². The van der Waals surface area contributed by atoms with Crippen molar-refractivity contribution >= 4 is 39.8 Å². The zero-order chi connectivity index (χ0) is 21.8. The summed E-state index contributed by atoms with van der Waals surface area (Å²) in [6.07, 6.45) is 4.28. The van der Waals surface area contributed by atoms with Gasteiger partial charge in [-0.25, -0.2) is 14.4 Å². The molecule has 4 rings (SSSR count). The van der Waals surface area contributed by atoms with Gasteiger partial charge in [-0.15, -0.1) is 11.3 Å². The number of carbonyl (C=O) groups is 1. The summed E-state index contributed by atoms with van der Waals surface area (Å²) in [7, 11) is 0. The Morgan fingerprint density at radius 3 is 2.81 bits per heavy atom. The van der Waals surface area contributed by atoms with E-state index in [4.69, 9.17) is 11.6 Å². The van der Waals surface area contributed by atoms with Gasteiger partial charge in [-0.3, -0.25) is 9.69 Å². The Labute approximate surface area is 188 Å². The summed E-state index contributed by atoms with van der Waals surface area (Å²) in [6, 6.07) is 3.68. The zero-order valence-corrected chi connectivity index (χ0v) is 18.4. The number of pyridine rings is 1. The number of carbonyl (C=O) groups excluding carboxylic acids is 1. The molecule has 7 nitrogen and oxygen atoms in total. The smallest absolute Gasteiger partial charge is 0.252 e. The second kappa shape index (κ2) is 9.86. The van der Waals surface area contributed by atoms with E-state index in [1.807, 2.05) is 11.4 Å². The number of nitrogens with zero attached hydrogens (tertiary/aromatic N) is 4. The Morgan fingerprint density at radius 2 is 2.10 bits per heavy atom. The molecule has 0 saturated carbocycles. The van der Waals surface area contributed by atoms with E-state index in [1.165, 1.54) is 11.3 Å². The maximum absolute atomic E-state index is 14.2. The van der Waals surface area contributed by atoms with Crippen LogP contribution in [0.2, 0.25) is 0 Å². The lowest BCUT2D eigenvalue weighted by Gasteiger charge is -2.35. The second-order valence-electron chi connectivity index (χ2n) is 7.42. The normalized spacial score (nSPS) is 17.6. The zero-order valence-electron chi connectivity index (χ0n) is 16.9. The van der Waals surface area contributed by atoms with E-state index < -0.39 is 5.83 Å². The molecule has 164 valence electrons. The van der Waals surface area contributed by atoms with E-state index in [9.17, 15) is 14.3 Å². The average Bonchev–Trinajstić information content (AvgIpc) is 3.28. The van der Waals surface area contributed by atoms with Crippen molar-refractivity contribution in [3.8, 4) is 0 Å². The molecule has 0 aromatic carbocycles. The minimum Gasteiger partial charge on any atom is -0.392 e. The number of allylic oxidation sites excluding steroid dienone is 3. The fourth-order valence-electron chi connectivity index (χ4n) is 3.70. The number of amides is 1. The summed E-state index contributed by atoms with van der Waals surface area (Å²) in [5.41, 5.74) is 1.77. The minimum absolute atomic E-state index is 0.0326. The van der Waals surface area contributed by atoms with Gasteiger partial charge in [-0.05, 0) is 30.5 Å². The maximum Gasteiger partial charge on any atom is 0.252 e. The van der Waals surface area contributed by atoms with Crippen LogP contribution < -0.4 is 5.32 Å². The molecule has 0 bridgehead atoms. The molecule has 0 unspecified atom stereocenters. The lowest BCUT2D eigenvalue weighted by Crippen LogP contribution is -2.49. The van der Waals surface area contributed by atoms with E-state index in [0.29, 0.717) is 51.4 Å². The van der Waals surface area contributed by atoms with Crippen molar-refractivity contribution in [1.29, 1.82) is 0 Å². The number of anilines is 2. The third-order valence-corrected chi connectivity index (χ3v) is 6.29. The first-order chi connectivity index (χ1) is 15.0. The molecule has 0 spiro atoms. The van der Waals surface area contributed by atoms with Crippen molar-refractivity contribution in [1.82, 2.24) is 19.8 Å². The van der Waals surface area contributed by atoms with Crippen molar-refractivity contribution in [2.45, 2.75) is 26.0 Å². The van der Waals surface area contributed by atoms with Crippen molar-refractivity contribution in [2.24, 2.45) is 0 Å². The fraction of sp³-hybridized carbons (Fsp3) is 0.381. The molecule has 1 amide bonds. The molecule has 2 aromatic rings. The van der Waals surface area contributed by atoms with Gasteiger partial charge in [0.05, 0.1) is 22.9 Å². The molecule has 2 aliphatic rings. The summed E-state index contributed by atoms with van der Waals surface area (Å²) in [5, 5.41) is 15.4.